The summed E-state index contributed by atoms with van der Waals surface area (Å²) in [4.78, 5) is 14.9. The largest absolute Gasteiger partial charge is 0.507 e. The molecule has 4 atom stereocenters. The number of phenolic OH excluding ortho intramolecular Hbond substituents is 1. The van der Waals surface area contributed by atoms with E-state index >= 15 is 4.39 Å². The van der Waals surface area contributed by atoms with Gasteiger partial charge in [-0.3, -0.25) is 4.98 Å². The first-order chi connectivity index (χ1) is 15.7. The number of nitrogens with one attached hydrogen (secondary N) is 1. The highest BCUT2D eigenvalue weighted by Gasteiger charge is 2.56. The fourth-order valence-electron chi connectivity index (χ4n) is 5.26. The minimum Gasteiger partial charge on any atom is -0.507 e. The van der Waals surface area contributed by atoms with E-state index in [0.717, 1.165) is 12.8 Å². The highest BCUT2D eigenvalue weighted by Crippen LogP contribution is 2.45. The maximum absolute atomic E-state index is 15.4. The van der Waals surface area contributed by atoms with Gasteiger partial charge in [0.1, 0.15) is 30.1 Å². The molecule has 0 saturated carbocycles. The van der Waals surface area contributed by atoms with E-state index in [-0.39, 0.29) is 17.3 Å². The van der Waals surface area contributed by atoms with Crippen LogP contribution in [-0.2, 0) is 0 Å². The Morgan fingerprint density at radius 2 is 2.06 bits per heavy atom. The highest BCUT2D eigenvalue weighted by molar-refractivity contribution is 5.68. The summed E-state index contributed by atoms with van der Waals surface area (Å²) in [5.41, 5.74) is 1.43. The van der Waals surface area contributed by atoms with Gasteiger partial charge in [-0.25, -0.2) is 14.4 Å². The summed E-state index contributed by atoms with van der Waals surface area (Å²) in [7, 11) is 1.87. The molecule has 33 heavy (non-hydrogen) atoms. The summed E-state index contributed by atoms with van der Waals surface area (Å²) in [6.07, 6.45) is 7.80. The van der Waals surface area contributed by atoms with Gasteiger partial charge in [0.2, 0.25) is 0 Å². The van der Waals surface area contributed by atoms with Gasteiger partial charge in [0.25, 0.3) is 0 Å². The van der Waals surface area contributed by atoms with Crippen LogP contribution in [0.4, 0.5) is 10.2 Å². The highest BCUT2D eigenvalue weighted by atomic mass is 19.1. The van der Waals surface area contributed by atoms with Crippen LogP contribution in [0.25, 0.3) is 16.9 Å². The lowest BCUT2D eigenvalue weighted by Crippen LogP contribution is -2.65. The van der Waals surface area contributed by atoms with Crippen molar-refractivity contribution < 1.29 is 9.50 Å². The molecule has 5 rings (SSSR count). The van der Waals surface area contributed by atoms with Gasteiger partial charge in [-0.05, 0) is 45.2 Å². The number of alkyl halides is 1. The summed E-state index contributed by atoms with van der Waals surface area (Å²) >= 11 is 0. The fraction of sp³-hybridized carbons (Fsp3) is 0.417. The Hall–Kier alpha value is -3.51. The molecule has 2 fully saturated rings. The van der Waals surface area contributed by atoms with E-state index in [9.17, 15) is 5.11 Å². The maximum atomic E-state index is 15.4. The van der Waals surface area contributed by atoms with Crippen molar-refractivity contribution in [1.29, 1.82) is 5.26 Å². The Balaban J connectivity index is 1.37. The van der Waals surface area contributed by atoms with E-state index in [2.05, 4.69) is 27.2 Å². The Morgan fingerprint density at radius 3 is 2.73 bits per heavy atom. The predicted molar refractivity (Wildman–Crippen MR) is 122 cm³/mol. The summed E-state index contributed by atoms with van der Waals surface area (Å²) in [5, 5.41) is 23.0. The monoisotopic (exact) mass is 447 g/mol. The number of benzene rings is 1. The van der Waals surface area contributed by atoms with Gasteiger partial charge >= 0.3 is 0 Å². The molecular weight excluding hydrogens is 421 g/mol. The van der Waals surface area contributed by atoms with Crippen LogP contribution in [0.2, 0.25) is 0 Å². The molecule has 4 heterocycles. The smallest absolute Gasteiger partial charge is 0.158 e. The van der Waals surface area contributed by atoms with Crippen LogP contribution in [0.3, 0.4) is 0 Å². The minimum atomic E-state index is -1.01. The predicted octanol–water partition coefficient (Wildman–Crippen LogP) is 3.35. The SMILES string of the molecule is CN(c1cnc(-c2ccc(-n3cnc(C#N)c3)cc2O)cn1)[C@H]1C[C@]2(C)CC[C@@](C)(N2)[C@H]1F. The van der Waals surface area contributed by atoms with E-state index in [1.807, 2.05) is 24.9 Å². The average molecular weight is 448 g/mol. The van der Waals surface area contributed by atoms with Crippen LogP contribution in [0.1, 0.15) is 38.8 Å². The van der Waals surface area contributed by atoms with Gasteiger partial charge in [0, 0.05) is 36.0 Å². The Labute approximate surface area is 191 Å². The zero-order valence-corrected chi connectivity index (χ0v) is 18.8. The second-order valence-corrected chi connectivity index (χ2v) is 9.63. The Kier molecular flexibility index (Phi) is 4.87. The van der Waals surface area contributed by atoms with E-state index in [4.69, 9.17) is 5.26 Å². The quantitative estimate of drug-likeness (QED) is 0.632. The summed E-state index contributed by atoms with van der Waals surface area (Å²) in [6.45, 7) is 4.13. The van der Waals surface area contributed by atoms with Crippen LogP contribution < -0.4 is 10.2 Å². The van der Waals surface area contributed by atoms with Crippen LogP contribution in [0.15, 0.2) is 43.1 Å². The fourth-order valence-corrected chi connectivity index (χ4v) is 5.26. The second kappa shape index (κ2) is 7.52. The number of aromatic nitrogens is 4. The van der Waals surface area contributed by atoms with E-state index in [0.29, 0.717) is 34.9 Å². The zero-order chi connectivity index (χ0) is 23.4. The van der Waals surface area contributed by atoms with E-state index in [1.165, 1.54) is 6.33 Å². The molecule has 170 valence electrons. The van der Waals surface area contributed by atoms with Crippen LogP contribution in [-0.4, -0.2) is 55.0 Å². The number of rotatable bonds is 4. The molecule has 2 aliphatic heterocycles. The number of piperidine rings is 1. The molecular formula is C24H26FN7O. The van der Waals surface area contributed by atoms with Gasteiger partial charge in [0.05, 0.1) is 29.8 Å². The number of phenols is 1. The standard InChI is InChI=1S/C24H26FN7O/c1-23-6-7-24(2,30-23)22(25)19(9-23)31(3)21-12-27-18(11-28-21)17-5-4-16(8-20(17)33)32-13-15(10-26)29-14-32/h4-5,8,11-14,19,22,30,33H,6-7,9H2,1-3H3/t19-,22-,23-,24+/m0/s1. The molecule has 9 heteroatoms. The first-order valence-electron chi connectivity index (χ1n) is 11.0. The van der Waals surface area contributed by atoms with Crippen LogP contribution >= 0.6 is 0 Å². The molecule has 0 aliphatic carbocycles. The number of hydrogen-bond acceptors (Lipinski definition) is 7. The molecule has 8 nitrogen and oxygen atoms in total. The van der Waals surface area contributed by atoms with Crippen molar-refractivity contribution in [1.82, 2.24) is 24.8 Å². The lowest BCUT2D eigenvalue weighted by atomic mass is 9.82. The molecule has 2 aliphatic rings. The topological polar surface area (TPSA) is 103 Å². The van der Waals surface area contributed by atoms with Gasteiger partial charge in [-0.15, -0.1) is 0 Å². The number of nitriles is 1. The van der Waals surface area contributed by atoms with Crippen molar-refractivity contribution in [3.8, 4) is 28.8 Å². The Morgan fingerprint density at radius 1 is 1.24 bits per heavy atom. The van der Waals surface area contributed by atoms with Gasteiger partial charge in [-0.1, -0.05) is 0 Å². The van der Waals surface area contributed by atoms with Crippen molar-refractivity contribution in [3.63, 3.8) is 0 Å². The molecule has 2 aromatic heterocycles. The van der Waals surface area contributed by atoms with Gasteiger partial charge in [-0.2, -0.15) is 5.26 Å². The lowest BCUT2D eigenvalue weighted by molar-refractivity contribution is 0.0859. The molecule has 3 aromatic rings. The van der Waals surface area contributed by atoms with Crippen molar-refractivity contribution in [2.24, 2.45) is 0 Å². The third-order valence-electron chi connectivity index (χ3n) is 7.14. The number of imidazole rings is 1. The minimum absolute atomic E-state index is 0.0368. The Bertz CT molecular complexity index is 1240. The first kappa shape index (κ1) is 21.3. The molecule has 0 amide bonds. The van der Waals surface area contributed by atoms with Crippen LogP contribution in [0.5, 0.6) is 5.75 Å². The second-order valence-electron chi connectivity index (χ2n) is 9.63. The number of nitrogens with zero attached hydrogens (tertiary/aromatic N) is 6. The molecule has 2 N–H and O–H groups in total. The van der Waals surface area contributed by atoms with Crippen molar-refractivity contribution in [2.45, 2.75) is 56.4 Å². The molecule has 2 bridgehead atoms. The molecule has 0 radical (unpaired) electrons. The first-order valence-corrected chi connectivity index (χ1v) is 11.0. The normalized spacial score (nSPS) is 28.5. The third-order valence-corrected chi connectivity index (χ3v) is 7.14. The van der Waals surface area contributed by atoms with Gasteiger partial charge < -0.3 is 19.9 Å². The number of halogens is 1. The summed E-state index contributed by atoms with van der Waals surface area (Å²) < 4.78 is 17.1. The third kappa shape index (κ3) is 3.60. The number of hydrogen-bond donors (Lipinski definition) is 2. The van der Waals surface area contributed by atoms with E-state index < -0.39 is 11.7 Å². The molecule has 2 saturated heterocycles. The van der Waals surface area contributed by atoms with Gasteiger partial charge in [0.15, 0.2) is 5.69 Å². The van der Waals surface area contributed by atoms with Crippen molar-refractivity contribution >= 4 is 5.82 Å². The number of fused-ring (bicyclic) bond motifs is 2. The van der Waals surface area contributed by atoms with E-state index in [1.54, 1.807) is 41.4 Å². The zero-order valence-electron chi connectivity index (χ0n) is 18.8. The van der Waals surface area contributed by atoms with Crippen molar-refractivity contribution in [3.05, 3.63) is 48.8 Å². The average Bonchev–Trinajstić information content (AvgIpc) is 3.39. The molecule has 0 spiro atoms. The van der Waals surface area contributed by atoms with Crippen molar-refractivity contribution in [2.75, 3.05) is 11.9 Å². The molecule has 0 unspecified atom stereocenters. The molecule has 1 aromatic carbocycles. The number of aromatic hydroxyl groups is 1. The number of anilines is 1. The lowest BCUT2D eigenvalue weighted by Gasteiger charge is -2.47. The maximum Gasteiger partial charge on any atom is 0.158 e. The summed E-state index contributed by atoms with van der Waals surface area (Å²) in [6, 6.07) is 6.82. The summed E-state index contributed by atoms with van der Waals surface area (Å²) in [5.74, 6) is 0.633. The van der Waals surface area contributed by atoms with Crippen LogP contribution in [0, 0.1) is 11.3 Å².